The summed E-state index contributed by atoms with van der Waals surface area (Å²) in [6, 6.07) is 66.1. The average molecular weight is 721 g/mol. The van der Waals surface area contributed by atoms with Crippen LogP contribution in [0.1, 0.15) is 0 Å². The fraction of sp³-hybridized carbons (Fsp3) is 0. The molecule has 7 aromatic carbocycles. The predicted molar refractivity (Wildman–Crippen MR) is 224 cm³/mol. The number of hydrogen-bond acceptors (Lipinski definition) is 5. The molecule has 1 aromatic heterocycles. The number of nitrogens with zero attached hydrogens (tertiary/aromatic N) is 4. The Labute approximate surface area is 322 Å². The highest BCUT2D eigenvalue weighted by Gasteiger charge is 2.50. The van der Waals surface area contributed by atoms with E-state index in [9.17, 15) is 0 Å². The largest absolute Gasteiger partial charge is 0.460 e. The lowest BCUT2D eigenvalue weighted by atomic mass is 10.1. The van der Waals surface area contributed by atoms with Gasteiger partial charge in [0, 0.05) is 44.4 Å². The van der Waals surface area contributed by atoms with Gasteiger partial charge < -0.3 is 14.5 Å². The highest BCUT2D eigenvalue weighted by Crippen LogP contribution is 2.45. The summed E-state index contributed by atoms with van der Waals surface area (Å²) in [7, 11) is 0. The highest BCUT2D eigenvalue weighted by atomic mass is 27.2. The zero-order valence-electron chi connectivity index (χ0n) is 29.2. The first kappa shape index (κ1) is 30.4. The van der Waals surface area contributed by atoms with Crippen molar-refractivity contribution in [3.8, 4) is 11.5 Å². The first-order valence-corrected chi connectivity index (χ1v) is 22.0. The molecule has 0 amide bonds. The molecule has 250 valence electrons. The van der Waals surface area contributed by atoms with Gasteiger partial charge in [0.1, 0.15) is 17.3 Å². The molecule has 0 aliphatic carbocycles. The minimum absolute atomic E-state index is 0.945. The first-order chi connectivity index (χ1) is 26.8. The fourth-order valence-electron chi connectivity index (χ4n) is 9.34. The van der Waals surface area contributed by atoms with E-state index >= 15 is 0 Å². The van der Waals surface area contributed by atoms with Crippen LogP contribution in [0.25, 0.3) is 0 Å². The molecule has 0 radical (unpaired) electrons. The van der Waals surface area contributed by atoms with Crippen molar-refractivity contribution in [2.24, 2.45) is 0 Å². The second-order valence-corrected chi connectivity index (χ2v) is 19.6. The second kappa shape index (κ2) is 11.7. The van der Waals surface area contributed by atoms with Crippen LogP contribution in [0.2, 0.25) is 0 Å². The quantitative estimate of drug-likeness (QED) is 0.176. The maximum absolute atomic E-state index is 6.69. The molecule has 0 saturated heterocycles. The van der Waals surface area contributed by atoms with Crippen LogP contribution in [-0.2, 0) is 0 Å². The Morgan fingerprint density at radius 3 is 1.57 bits per heavy atom. The summed E-state index contributed by atoms with van der Waals surface area (Å²) in [5, 5.41) is 0. The molecule has 4 aliphatic rings. The van der Waals surface area contributed by atoms with Gasteiger partial charge in [0.15, 0.2) is 0 Å². The SMILES string of the molecule is c1ccc(N2c3c[c]4c(n[c]3[Al]3[c]5ccccc5Oc5cccc2[c]53)N(c2ccccc2)c2cccc3[c]2[Al]4[c]2ccccc2N3c2ccccc2)cc1. The van der Waals surface area contributed by atoms with E-state index in [4.69, 9.17) is 9.72 Å². The third-order valence-corrected chi connectivity index (χ3v) is 18.0. The van der Waals surface area contributed by atoms with Gasteiger partial charge in [-0.15, -0.1) is 0 Å². The van der Waals surface area contributed by atoms with Crippen LogP contribution in [0.3, 0.4) is 0 Å². The van der Waals surface area contributed by atoms with E-state index in [2.05, 4.69) is 197 Å². The van der Waals surface area contributed by atoms with Crippen molar-refractivity contribution in [1.82, 2.24) is 4.98 Å². The van der Waals surface area contributed by atoms with E-state index in [1.54, 1.807) is 0 Å². The van der Waals surface area contributed by atoms with Gasteiger partial charge in [-0.25, -0.2) is 0 Å². The minimum atomic E-state index is -2.11. The Bertz CT molecular complexity index is 2800. The van der Waals surface area contributed by atoms with E-state index in [0.29, 0.717) is 0 Å². The Morgan fingerprint density at radius 2 is 0.870 bits per heavy atom. The molecular weight excluding hydrogens is 691 g/mol. The molecule has 7 heteroatoms. The van der Waals surface area contributed by atoms with Crippen LogP contribution < -0.4 is 46.1 Å². The van der Waals surface area contributed by atoms with Crippen molar-refractivity contribution < 1.29 is 4.74 Å². The van der Waals surface area contributed by atoms with E-state index in [0.717, 1.165) is 28.7 Å². The molecule has 0 fully saturated rings. The number of fused-ring (bicyclic) bond motifs is 8. The molecule has 12 rings (SSSR count). The summed E-state index contributed by atoms with van der Waals surface area (Å²) in [4.78, 5) is 13.4. The molecular formula is C47H30Al2N4O. The Balaban J connectivity index is 1.20. The zero-order chi connectivity index (χ0) is 35.3. The number of ether oxygens (including phenoxy) is 1. The molecule has 0 unspecified atom stereocenters. The van der Waals surface area contributed by atoms with Gasteiger partial charge in [-0.1, -0.05) is 121 Å². The smallest absolute Gasteiger partial charge is 0.430 e. The lowest BCUT2D eigenvalue weighted by Crippen LogP contribution is -2.64. The fourth-order valence-corrected chi connectivity index (χ4v) is 16.3. The Kier molecular flexibility index (Phi) is 6.61. The third-order valence-electron chi connectivity index (χ3n) is 11.5. The lowest BCUT2D eigenvalue weighted by Gasteiger charge is -2.45. The van der Waals surface area contributed by atoms with Crippen LogP contribution in [0.5, 0.6) is 11.5 Å². The molecule has 0 spiro atoms. The van der Waals surface area contributed by atoms with Crippen molar-refractivity contribution >= 4 is 106 Å². The number of rotatable bonds is 3. The van der Waals surface area contributed by atoms with E-state index in [1.807, 2.05) is 0 Å². The van der Waals surface area contributed by atoms with E-state index in [-0.39, 0.29) is 0 Å². The number of para-hydroxylation sites is 5. The van der Waals surface area contributed by atoms with Crippen molar-refractivity contribution in [3.63, 3.8) is 0 Å². The van der Waals surface area contributed by atoms with Gasteiger partial charge in [-0.2, -0.15) is 0 Å². The number of anilines is 9. The first-order valence-electron chi connectivity index (χ1n) is 18.6. The summed E-state index contributed by atoms with van der Waals surface area (Å²) in [5.74, 6) is 2.94. The number of aromatic nitrogens is 1. The average Bonchev–Trinajstić information content (AvgIpc) is 3.24. The Morgan fingerprint density at radius 1 is 0.370 bits per heavy atom. The van der Waals surface area contributed by atoms with Crippen LogP contribution in [-0.4, -0.2) is 33.3 Å². The van der Waals surface area contributed by atoms with Crippen molar-refractivity contribution in [2.45, 2.75) is 0 Å². The maximum atomic E-state index is 6.69. The summed E-state index contributed by atoms with van der Waals surface area (Å²) >= 11 is -4.22. The lowest BCUT2D eigenvalue weighted by molar-refractivity contribution is 0.487. The third kappa shape index (κ3) is 4.24. The second-order valence-electron chi connectivity index (χ2n) is 14.3. The topological polar surface area (TPSA) is 31.8 Å². The predicted octanol–water partition coefficient (Wildman–Crippen LogP) is 7.57. The summed E-state index contributed by atoms with van der Waals surface area (Å²) in [5.41, 5.74) is 9.50. The normalized spacial score (nSPS) is 13.9. The molecule has 0 N–H and O–H groups in total. The van der Waals surface area contributed by atoms with Crippen molar-refractivity contribution in [1.29, 1.82) is 0 Å². The van der Waals surface area contributed by atoms with Crippen LogP contribution in [0, 0.1) is 0 Å². The molecule has 54 heavy (non-hydrogen) atoms. The van der Waals surface area contributed by atoms with Gasteiger partial charge in [-0.3, -0.25) is 9.88 Å². The maximum Gasteiger partial charge on any atom is 0.430 e. The van der Waals surface area contributed by atoms with Gasteiger partial charge >= 0.3 is 28.3 Å². The standard InChI is InChI=1S/C47H30N4O.2Al/c1-6-18-37(19-7-1)49(38-20-8-2-9-21-38)41-26-16-27-42(34-41)51(40-24-12-4-13-25-40)47-33-32-44(36-48-47)50(39-22-10-3-11-23-39)43-28-17-31-46(35-43)52-45-29-14-5-15-30-45;;/h1-20,22-29,31-32H;;. The minimum Gasteiger partial charge on any atom is -0.460 e. The van der Waals surface area contributed by atoms with Crippen LogP contribution >= 0.6 is 0 Å². The van der Waals surface area contributed by atoms with E-state index in [1.165, 1.54) is 60.8 Å². The molecule has 5 nitrogen and oxygen atoms in total. The number of pyridine rings is 1. The summed E-state index contributed by atoms with van der Waals surface area (Å²) in [6.07, 6.45) is 0. The Hall–Kier alpha value is -6.05. The summed E-state index contributed by atoms with van der Waals surface area (Å²) < 4.78 is 14.6. The summed E-state index contributed by atoms with van der Waals surface area (Å²) in [6.45, 7) is 0. The monoisotopic (exact) mass is 720 g/mol. The van der Waals surface area contributed by atoms with Crippen molar-refractivity contribution in [2.75, 3.05) is 14.7 Å². The van der Waals surface area contributed by atoms with Crippen LogP contribution in [0.15, 0.2) is 182 Å². The molecule has 5 heterocycles. The number of benzene rings is 7. The zero-order valence-corrected chi connectivity index (χ0v) is 31.5. The molecule has 0 saturated carbocycles. The van der Waals surface area contributed by atoms with Gasteiger partial charge in [0.2, 0.25) is 0 Å². The van der Waals surface area contributed by atoms with Gasteiger partial charge in [-0.05, 0) is 83.3 Å². The van der Waals surface area contributed by atoms with Gasteiger partial charge in [0.25, 0.3) is 0 Å². The highest BCUT2D eigenvalue weighted by molar-refractivity contribution is 7.01. The molecule has 4 aliphatic heterocycles. The molecule has 0 bridgehead atoms. The van der Waals surface area contributed by atoms with Crippen molar-refractivity contribution in [3.05, 3.63) is 182 Å². The molecule has 0 atom stereocenters. The van der Waals surface area contributed by atoms with Crippen LogP contribution in [0.4, 0.5) is 51.3 Å². The van der Waals surface area contributed by atoms with E-state index < -0.39 is 28.3 Å². The number of hydrogen-bond donors (Lipinski definition) is 0. The molecule has 8 aromatic rings. The van der Waals surface area contributed by atoms with Gasteiger partial charge in [0.05, 0.1) is 5.69 Å².